The fraction of sp³-hybridized carbons (Fsp3) is 0.333. The fourth-order valence-corrected chi connectivity index (χ4v) is 4.97. The Morgan fingerprint density at radius 2 is 1.93 bits per heavy atom. The maximum Gasteiger partial charge on any atom is 0.262 e. The van der Waals surface area contributed by atoms with Crippen LogP contribution in [0.2, 0.25) is 0 Å². The minimum Gasteiger partial charge on any atom is -0.349 e. The average molecular weight is 407 g/mol. The zero-order valence-corrected chi connectivity index (χ0v) is 17.6. The Kier molecular flexibility index (Phi) is 5.76. The number of thioether (sulfide) groups is 1. The van der Waals surface area contributed by atoms with Gasteiger partial charge in [-0.15, -0.1) is 0 Å². The molecule has 5 heteroatoms. The summed E-state index contributed by atoms with van der Waals surface area (Å²) in [5.41, 5.74) is 2.27. The van der Waals surface area contributed by atoms with Crippen molar-refractivity contribution in [1.29, 1.82) is 0 Å². The van der Waals surface area contributed by atoms with Crippen LogP contribution < -0.4 is 10.6 Å². The average Bonchev–Trinajstić information content (AvgIpc) is 2.72. The van der Waals surface area contributed by atoms with E-state index in [1.165, 1.54) is 18.2 Å². The highest BCUT2D eigenvalue weighted by molar-refractivity contribution is 8.04. The Morgan fingerprint density at radius 1 is 1.14 bits per heavy atom. The van der Waals surface area contributed by atoms with Gasteiger partial charge >= 0.3 is 0 Å². The molecule has 3 unspecified atom stereocenters. The lowest BCUT2D eigenvalue weighted by Gasteiger charge is -2.34. The SMILES string of the molecule is CC1CCCC(NC(=O)c2ccc3c(c2)NC(=O)C(=Cc2ccccc2)S3)C1C. The summed E-state index contributed by atoms with van der Waals surface area (Å²) < 4.78 is 0. The molecule has 3 atom stereocenters. The predicted octanol–water partition coefficient (Wildman–Crippen LogP) is 5.33. The first-order valence-corrected chi connectivity index (χ1v) is 11.0. The number of anilines is 1. The van der Waals surface area contributed by atoms with Crippen molar-refractivity contribution in [2.75, 3.05) is 5.32 Å². The molecule has 1 aliphatic heterocycles. The molecule has 4 rings (SSSR count). The highest BCUT2D eigenvalue weighted by Crippen LogP contribution is 2.39. The van der Waals surface area contributed by atoms with Crippen LogP contribution in [0.1, 0.15) is 49.0 Å². The predicted molar refractivity (Wildman–Crippen MR) is 119 cm³/mol. The van der Waals surface area contributed by atoms with Gasteiger partial charge in [0.1, 0.15) is 0 Å². The molecule has 0 saturated heterocycles. The second kappa shape index (κ2) is 8.46. The van der Waals surface area contributed by atoms with Crippen LogP contribution in [0.5, 0.6) is 0 Å². The van der Waals surface area contributed by atoms with Gasteiger partial charge in [0, 0.05) is 16.5 Å². The van der Waals surface area contributed by atoms with E-state index in [9.17, 15) is 9.59 Å². The fourth-order valence-electron chi connectivity index (χ4n) is 4.04. The minimum absolute atomic E-state index is 0.0661. The van der Waals surface area contributed by atoms with Crippen molar-refractivity contribution in [1.82, 2.24) is 5.32 Å². The highest BCUT2D eigenvalue weighted by Gasteiger charge is 2.29. The van der Waals surface area contributed by atoms with Crippen LogP contribution in [0.3, 0.4) is 0 Å². The van der Waals surface area contributed by atoms with E-state index in [0.717, 1.165) is 23.3 Å². The summed E-state index contributed by atoms with van der Waals surface area (Å²) in [5.74, 6) is 0.900. The van der Waals surface area contributed by atoms with Gasteiger partial charge < -0.3 is 10.6 Å². The normalized spacial score (nSPS) is 25.2. The summed E-state index contributed by atoms with van der Waals surface area (Å²) in [5, 5.41) is 6.14. The van der Waals surface area contributed by atoms with Crippen LogP contribution in [0, 0.1) is 11.8 Å². The highest BCUT2D eigenvalue weighted by atomic mass is 32.2. The van der Waals surface area contributed by atoms with E-state index in [1.54, 1.807) is 6.07 Å². The lowest BCUT2D eigenvalue weighted by atomic mass is 9.78. The van der Waals surface area contributed by atoms with Crippen LogP contribution >= 0.6 is 11.8 Å². The van der Waals surface area contributed by atoms with E-state index in [1.807, 2.05) is 48.5 Å². The summed E-state index contributed by atoms with van der Waals surface area (Å²) in [7, 11) is 0. The number of rotatable bonds is 3. The molecule has 2 aromatic rings. The molecule has 2 N–H and O–H groups in total. The number of amides is 2. The van der Waals surface area contributed by atoms with Gasteiger partial charge in [0.15, 0.2) is 0 Å². The molecule has 0 spiro atoms. The van der Waals surface area contributed by atoms with Crippen LogP contribution in [-0.4, -0.2) is 17.9 Å². The Labute approximate surface area is 176 Å². The molecule has 0 aromatic heterocycles. The van der Waals surface area contributed by atoms with Gasteiger partial charge in [0.25, 0.3) is 11.8 Å². The molecule has 4 nitrogen and oxygen atoms in total. The first-order valence-electron chi connectivity index (χ1n) is 10.2. The summed E-state index contributed by atoms with van der Waals surface area (Å²) in [6, 6.07) is 15.5. The zero-order chi connectivity index (χ0) is 20.4. The zero-order valence-electron chi connectivity index (χ0n) is 16.8. The number of benzene rings is 2. The lowest BCUT2D eigenvalue weighted by Crippen LogP contribution is -2.43. The molecule has 1 aliphatic carbocycles. The third kappa shape index (κ3) is 4.40. The number of carbonyl (C=O) groups excluding carboxylic acids is 2. The number of hydrogen-bond donors (Lipinski definition) is 2. The van der Waals surface area contributed by atoms with Gasteiger partial charge in [-0.25, -0.2) is 0 Å². The van der Waals surface area contributed by atoms with Gasteiger partial charge in [-0.3, -0.25) is 9.59 Å². The van der Waals surface area contributed by atoms with E-state index in [4.69, 9.17) is 0 Å². The molecule has 1 heterocycles. The third-order valence-corrected chi connectivity index (χ3v) is 7.15. The number of nitrogens with one attached hydrogen (secondary N) is 2. The molecule has 0 radical (unpaired) electrons. The quantitative estimate of drug-likeness (QED) is 0.678. The van der Waals surface area contributed by atoms with Crippen molar-refractivity contribution >= 4 is 35.3 Å². The number of fused-ring (bicyclic) bond motifs is 1. The molecule has 150 valence electrons. The third-order valence-electron chi connectivity index (χ3n) is 6.05. The summed E-state index contributed by atoms with van der Waals surface area (Å²) in [6.07, 6.45) is 5.30. The van der Waals surface area contributed by atoms with Crippen LogP contribution in [0.15, 0.2) is 58.3 Å². The summed E-state index contributed by atoms with van der Waals surface area (Å²) in [6.45, 7) is 4.48. The van der Waals surface area contributed by atoms with Crippen molar-refractivity contribution in [3.05, 3.63) is 64.6 Å². The number of carbonyl (C=O) groups is 2. The van der Waals surface area contributed by atoms with Crippen molar-refractivity contribution in [2.45, 2.75) is 44.0 Å². The van der Waals surface area contributed by atoms with Gasteiger partial charge in [-0.05, 0) is 48.1 Å². The van der Waals surface area contributed by atoms with E-state index in [2.05, 4.69) is 24.5 Å². The largest absolute Gasteiger partial charge is 0.349 e. The van der Waals surface area contributed by atoms with E-state index in [0.29, 0.717) is 28.0 Å². The maximum atomic E-state index is 12.8. The van der Waals surface area contributed by atoms with Gasteiger partial charge in [0.05, 0.1) is 10.6 Å². The topological polar surface area (TPSA) is 58.2 Å². The number of hydrogen-bond acceptors (Lipinski definition) is 3. The van der Waals surface area contributed by atoms with Crippen molar-refractivity contribution in [2.24, 2.45) is 11.8 Å². The monoisotopic (exact) mass is 406 g/mol. The Hall–Kier alpha value is -2.53. The molecule has 29 heavy (non-hydrogen) atoms. The maximum absolute atomic E-state index is 12.8. The molecule has 2 amide bonds. The first kappa shape index (κ1) is 19.8. The lowest BCUT2D eigenvalue weighted by molar-refractivity contribution is -0.112. The molecular formula is C24H26N2O2S. The molecular weight excluding hydrogens is 380 g/mol. The van der Waals surface area contributed by atoms with Gasteiger partial charge in [0.2, 0.25) is 0 Å². The Morgan fingerprint density at radius 3 is 2.72 bits per heavy atom. The van der Waals surface area contributed by atoms with E-state index < -0.39 is 0 Å². The minimum atomic E-state index is -0.140. The molecule has 0 bridgehead atoms. The Balaban J connectivity index is 1.50. The van der Waals surface area contributed by atoms with Gasteiger partial charge in [-0.2, -0.15) is 0 Å². The summed E-state index contributed by atoms with van der Waals surface area (Å²) >= 11 is 1.43. The molecule has 1 fully saturated rings. The standard InChI is InChI=1S/C24H26N2O2S/c1-15-7-6-10-19(16(15)2)25-23(27)18-11-12-21-20(14-18)26-24(28)22(29-21)13-17-8-4-3-5-9-17/h3-5,8-9,11-16,19H,6-7,10H2,1-2H3,(H,25,27)(H,26,28). The second-order valence-electron chi connectivity index (χ2n) is 8.03. The van der Waals surface area contributed by atoms with Gasteiger partial charge in [-0.1, -0.05) is 68.8 Å². The van der Waals surface area contributed by atoms with Crippen molar-refractivity contribution in [3.8, 4) is 0 Å². The van der Waals surface area contributed by atoms with Crippen molar-refractivity contribution < 1.29 is 9.59 Å². The second-order valence-corrected chi connectivity index (χ2v) is 9.12. The van der Waals surface area contributed by atoms with E-state index in [-0.39, 0.29) is 17.9 Å². The van der Waals surface area contributed by atoms with Crippen molar-refractivity contribution in [3.63, 3.8) is 0 Å². The van der Waals surface area contributed by atoms with Crippen LogP contribution in [0.25, 0.3) is 6.08 Å². The molecule has 1 saturated carbocycles. The Bertz CT molecular complexity index is 955. The van der Waals surface area contributed by atoms with E-state index >= 15 is 0 Å². The molecule has 2 aliphatic rings. The molecule has 2 aromatic carbocycles. The smallest absolute Gasteiger partial charge is 0.262 e. The van der Waals surface area contributed by atoms with Crippen LogP contribution in [0.4, 0.5) is 5.69 Å². The first-order chi connectivity index (χ1) is 14.0. The summed E-state index contributed by atoms with van der Waals surface area (Å²) in [4.78, 5) is 26.9. The van der Waals surface area contributed by atoms with Crippen LogP contribution in [-0.2, 0) is 4.79 Å².